The van der Waals surface area contributed by atoms with Crippen molar-refractivity contribution in [2.45, 2.75) is 30.6 Å². The van der Waals surface area contributed by atoms with Crippen LogP contribution in [0.4, 0.5) is 17.6 Å². The van der Waals surface area contributed by atoms with Crippen LogP contribution in [0.3, 0.4) is 0 Å². The highest BCUT2D eigenvalue weighted by atomic mass is 32.1. The van der Waals surface area contributed by atoms with E-state index >= 15 is 0 Å². The van der Waals surface area contributed by atoms with Crippen LogP contribution in [0.15, 0.2) is 0 Å². The lowest BCUT2D eigenvalue weighted by atomic mass is 10.1. The Kier molecular flexibility index (Phi) is 3.19. The fourth-order valence-electron chi connectivity index (χ4n) is 0.507. The fourth-order valence-corrected chi connectivity index (χ4v) is 0.749. The van der Waals surface area contributed by atoms with Gasteiger partial charge >= 0.3 is 12.0 Å². The summed E-state index contributed by atoms with van der Waals surface area (Å²) in [5.41, 5.74) is 0. The molecular formula is C5H8F4OS. The van der Waals surface area contributed by atoms with Crippen molar-refractivity contribution in [2.75, 3.05) is 0 Å². The van der Waals surface area contributed by atoms with Gasteiger partial charge < -0.3 is 5.11 Å². The maximum atomic E-state index is 12.2. The standard InChI is InChI=1S/C5H8F4OS/c1-3(11)2-4(6,10)5(7,8)9/h3,10-11H,2H2,1H3. The highest BCUT2D eigenvalue weighted by Crippen LogP contribution is 2.35. The second-order valence-corrected chi connectivity index (χ2v) is 3.19. The molecule has 68 valence electrons. The number of rotatable bonds is 2. The molecule has 0 aliphatic rings. The van der Waals surface area contributed by atoms with Crippen molar-refractivity contribution < 1.29 is 22.7 Å². The highest BCUT2D eigenvalue weighted by Gasteiger charge is 2.55. The summed E-state index contributed by atoms with van der Waals surface area (Å²) in [6.45, 7) is 1.26. The molecule has 0 aromatic heterocycles. The lowest BCUT2D eigenvalue weighted by Gasteiger charge is -2.22. The highest BCUT2D eigenvalue weighted by molar-refractivity contribution is 7.80. The van der Waals surface area contributed by atoms with E-state index in [9.17, 15) is 17.6 Å². The minimum atomic E-state index is -5.23. The van der Waals surface area contributed by atoms with Crippen molar-refractivity contribution in [3.05, 3.63) is 0 Å². The summed E-state index contributed by atoms with van der Waals surface area (Å²) in [5, 5.41) is 7.34. The molecule has 0 amide bonds. The summed E-state index contributed by atoms with van der Waals surface area (Å²) in [4.78, 5) is 0. The molecule has 2 atom stereocenters. The van der Waals surface area contributed by atoms with Crippen molar-refractivity contribution in [1.29, 1.82) is 0 Å². The van der Waals surface area contributed by atoms with Crippen LogP contribution in [0.2, 0.25) is 0 Å². The molecule has 11 heavy (non-hydrogen) atoms. The van der Waals surface area contributed by atoms with Gasteiger partial charge in [-0.3, -0.25) is 0 Å². The predicted molar refractivity (Wildman–Crippen MR) is 35.2 cm³/mol. The Morgan fingerprint density at radius 3 is 1.82 bits per heavy atom. The molecule has 0 heterocycles. The first-order valence-corrected chi connectivity index (χ1v) is 3.34. The minimum Gasteiger partial charge on any atom is -0.355 e. The van der Waals surface area contributed by atoms with Gasteiger partial charge in [0.05, 0.1) is 0 Å². The maximum absolute atomic E-state index is 12.2. The molecular weight excluding hydrogens is 184 g/mol. The third-order valence-corrected chi connectivity index (χ3v) is 1.18. The van der Waals surface area contributed by atoms with E-state index in [0.717, 1.165) is 0 Å². The first kappa shape index (κ1) is 11.0. The summed E-state index contributed by atoms with van der Waals surface area (Å²) < 4.78 is 46.8. The Bertz CT molecular complexity index is 131. The second kappa shape index (κ2) is 3.18. The average molecular weight is 192 g/mol. The van der Waals surface area contributed by atoms with Crippen LogP contribution < -0.4 is 0 Å². The van der Waals surface area contributed by atoms with Gasteiger partial charge in [-0.2, -0.15) is 25.8 Å². The third kappa shape index (κ3) is 3.29. The number of thiol groups is 1. The van der Waals surface area contributed by atoms with Gasteiger partial charge in [-0.15, -0.1) is 0 Å². The van der Waals surface area contributed by atoms with E-state index in [2.05, 4.69) is 12.6 Å². The summed E-state index contributed by atoms with van der Waals surface area (Å²) in [5.74, 6) is -4.12. The summed E-state index contributed by atoms with van der Waals surface area (Å²) in [6.07, 6.45) is -6.29. The zero-order valence-electron chi connectivity index (χ0n) is 5.69. The van der Waals surface area contributed by atoms with Gasteiger partial charge in [0.1, 0.15) is 0 Å². The molecule has 0 radical (unpaired) electrons. The van der Waals surface area contributed by atoms with Gasteiger partial charge in [0.15, 0.2) is 0 Å². The average Bonchev–Trinajstić information content (AvgIpc) is 1.56. The lowest BCUT2D eigenvalue weighted by Crippen LogP contribution is -2.42. The molecule has 0 aliphatic heterocycles. The molecule has 0 bridgehead atoms. The van der Waals surface area contributed by atoms with Crippen LogP contribution >= 0.6 is 12.6 Å². The number of aliphatic hydroxyl groups is 1. The zero-order chi connectivity index (χ0) is 9.28. The second-order valence-electron chi connectivity index (χ2n) is 2.31. The van der Waals surface area contributed by atoms with E-state index in [1.807, 2.05) is 0 Å². The Morgan fingerprint density at radius 2 is 1.73 bits per heavy atom. The number of hydrogen-bond acceptors (Lipinski definition) is 2. The number of alkyl halides is 4. The molecule has 0 saturated heterocycles. The van der Waals surface area contributed by atoms with E-state index < -0.39 is 23.7 Å². The summed E-state index contributed by atoms with van der Waals surface area (Å²) in [7, 11) is 0. The van der Waals surface area contributed by atoms with E-state index in [4.69, 9.17) is 5.11 Å². The Balaban J connectivity index is 4.22. The van der Waals surface area contributed by atoms with Gasteiger partial charge in [0, 0.05) is 11.7 Å². The Morgan fingerprint density at radius 1 is 1.36 bits per heavy atom. The smallest absolute Gasteiger partial charge is 0.355 e. The van der Waals surface area contributed by atoms with Gasteiger partial charge in [-0.05, 0) is 0 Å². The molecule has 0 aliphatic carbocycles. The minimum absolute atomic E-state index is 0.841. The number of halogens is 4. The van der Waals surface area contributed by atoms with Gasteiger partial charge in [0.2, 0.25) is 0 Å². The first-order chi connectivity index (χ1) is 4.67. The Hall–Kier alpha value is 0.0300. The van der Waals surface area contributed by atoms with E-state index in [1.165, 1.54) is 6.92 Å². The normalized spacial score (nSPS) is 21.0. The van der Waals surface area contributed by atoms with Crippen LogP contribution in [-0.2, 0) is 0 Å². The molecule has 0 fully saturated rings. The van der Waals surface area contributed by atoms with Crippen LogP contribution in [0.25, 0.3) is 0 Å². The SMILES string of the molecule is CC(S)CC(O)(F)C(F)(F)F. The van der Waals surface area contributed by atoms with Gasteiger partial charge in [-0.1, -0.05) is 6.92 Å². The van der Waals surface area contributed by atoms with E-state index in [0.29, 0.717) is 0 Å². The molecule has 1 N–H and O–H groups in total. The summed E-state index contributed by atoms with van der Waals surface area (Å²) in [6, 6.07) is 0. The molecule has 0 rings (SSSR count). The predicted octanol–water partition coefficient (Wildman–Crippen LogP) is 1.92. The van der Waals surface area contributed by atoms with Crippen molar-refractivity contribution >= 4 is 12.6 Å². The third-order valence-electron chi connectivity index (χ3n) is 1.00. The van der Waals surface area contributed by atoms with Gasteiger partial charge in [-0.25, -0.2) is 4.39 Å². The first-order valence-electron chi connectivity index (χ1n) is 2.83. The van der Waals surface area contributed by atoms with E-state index in [-0.39, 0.29) is 0 Å². The lowest BCUT2D eigenvalue weighted by molar-refractivity contribution is -0.316. The summed E-state index contributed by atoms with van der Waals surface area (Å²) >= 11 is 3.52. The van der Waals surface area contributed by atoms with Crippen LogP contribution in [0.1, 0.15) is 13.3 Å². The largest absolute Gasteiger partial charge is 0.448 e. The van der Waals surface area contributed by atoms with Crippen molar-refractivity contribution in [3.8, 4) is 0 Å². The molecule has 0 aromatic rings. The van der Waals surface area contributed by atoms with Crippen molar-refractivity contribution in [3.63, 3.8) is 0 Å². The fraction of sp³-hybridized carbons (Fsp3) is 1.00. The van der Waals surface area contributed by atoms with Crippen LogP contribution in [0, 0.1) is 0 Å². The number of hydrogen-bond donors (Lipinski definition) is 2. The molecule has 1 nitrogen and oxygen atoms in total. The molecule has 0 saturated carbocycles. The van der Waals surface area contributed by atoms with Crippen LogP contribution in [-0.4, -0.2) is 22.4 Å². The molecule has 0 aromatic carbocycles. The monoisotopic (exact) mass is 192 g/mol. The van der Waals surface area contributed by atoms with Crippen LogP contribution in [0.5, 0.6) is 0 Å². The molecule has 6 heteroatoms. The van der Waals surface area contributed by atoms with Gasteiger partial charge in [0.25, 0.3) is 0 Å². The van der Waals surface area contributed by atoms with Crippen molar-refractivity contribution in [2.24, 2.45) is 0 Å². The molecule has 0 spiro atoms. The topological polar surface area (TPSA) is 20.2 Å². The zero-order valence-corrected chi connectivity index (χ0v) is 6.59. The Labute approximate surface area is 66.8 Å². The quantitative estimate of drug-likeness (QED) is 0.506. The maximum Gasteiger partial charge on any atom is 0.448 e. The van der Waals surface area contributed by atoms with E-state index in [1.54, 1.807) is 0 Å². The molecule has 2 unspecified atom stereocenters. The van der Waals surface area contributed by atoms with Crippen molar-refractivity contribution in [1.82, 2.24) is 0 Å².